The Kier molecular flexibility index (Phi) is 2.42. The molecule has 2 heterocycles. The molecule has 17 heavy (non-hydrogen) atoms. The molecule has 0 bridgehead atoms. The molecular formula is C13H12N2O2. The number of rotatable bonds is 3. The van der Waals surface area contributed by atoms with E-state index in [0.29, 0.717) is 30.4 Å². The van der Waals surface area contributed by atoms with Crippen LogP contribution in [0.1, 0.15) is 5.89 Å². The Morgan fingerprint density at radius 3 is 2.82 bits per heavy atom. The maximum atomic E-state index is 5.68. The molecule has 1 aromatic carbocycles. The Morgan fingerprint density at radius 1 is 1.12 bits per heavy atom. The third-order valence-corrected chi connectivity index (χ3v) is 2.58. The molecule has 0 radical (unpaired) electrons. The zero-order valence-corrected chi connectivity index (χ0v) is 9.22. The lowest BCUT2D eigenvalue weighted by Crippen LogP contribution is -2.02. The van der Waals surface area contributed by atoms with E-state index >= 15 is 0 Å². The number of nitrogens with two attached hydrogens (primary N) is 1. The minimum absolute atomic E-state index is 0.528. The Balaban J connectivity index is 2.01. The van der Waals surface area contributed by atoms with Gasteiger partial charge in [0, 0.05) is 18.4 Å². The summed E-state index contributed by atoms with van der Waals surface area (Å²) in [6, 6.07) is 9.79. The van der Waals surface area contributed by atoms with Crippen molar-refractivity contribution in [3.8, 4) is 11.5 Å². The van der Waals surface area contributed by atoms with E-state index < -0.39 is 0 Å². The second-order valence-corrected chi connectivity index (χ2v) is 3.81. The van der Waals surface area contributed by atoms with Gasteiger partial charge in [0.15, 0.2) is 17.4 Å². The second-order valence-electron chi connectivity index (χ2n) is 3.81. The SMILES string of the molecule is NCCc1ncc(-c2cc3ccccc3o2)o1. The summed E-state index contributed by atoms with van der Waals surface area (Å²) in [5.74, 6) is 1.98. The summed E-state index contributed by atoms with van der Waals surface area (Å²) >= 11 is 0. The first-order chi connectivity index (χ1) is 8.36. The Labute approximate surface area is 98.0 Å². The van der Waals surface area contributed by atoms with Crippen LogP contribution < -0.4 is 5.73 Å². The van der Waals surface area contributed by atoms with Gasteiger partial charge in [0.05, 0.1) is 6.20 Å². The van der Waals surface area contributed by atoms with E-state index in [2.05, 4.69) is 4.98 Å². The van der Waals surface area contributed by atoms with Crippen LogP contribution >= 0.6 is 0 Å². The predicted molar refractivity (Wildman–Crippen MR) is 64.5 cm³/mol. The highest BCUT2D eigenvalue weighted by Gasteiger charge is 2.10. The van der Waals surface area contributed by atoms with Gasteiger partial charge in [-0.15, -0.1) is 0 Å². The van der Waals surface area contributed by atoms with Crippen LogP contribution in [0.25, 0.3) is 22.5 Å². The van der Waals surface area contributed by atoms with Gasteiger partial charge in [-0.2, -0.15) is 0 Å². The minimum Gasteiger partial charge on any atom is -0.453 e. The fourth-order valence-corrected chi connectivity index (χ4v) is 1.77. The highest BCUT2D eigenvalue weighted by atomic mass is 16.4. The average molecular weight is 228 g/mol. The molecule has 0 atom stereocenters. The maximum absolute atomic E-state index is 5.68. The van der Waals surface area contributed by atoms with Gasteiger partial charge in [-0.1, -0.05) is 18.2 Å². The monoisotopic (exact) mass is 228 g/mol. The van der Waals surface area contributed by atoms with Gasteiger partial charge in [-0.25, -0.2) is 4.98 Å². The van der Waals surface area contributed by atoms with Crippen LogP contribution in [0.3, 0.4) is 0 Å². The third kappa shape index (κ3) is 1.83. The zero-order valence-electron chi connectivity index (χ0n) is 9.22. The molecule has 0 aliphatic carbocycles. The van der Waals surface area contributed by atoms with Crippen molar-refractivity contribution < 1.29 is 8.83 Å². The van der Waals surface area contributed by atoms with Crippen molar-refractivity contribution in [3.05, 3.63) is 42.4 Å². The molecular weight excluding hydrogens is 216 g/mol. The van der Waals surface area contributed by atoms with Crippen molar-refractivity contribution in [3.63, 3.8) is 0 Å². The van der Waals surface area contributed by atoms with E-state index in [-0.39, 0.29) is 0 Å². The molecule has 4 nitrogen and oxygen atoms in total. The number of para-hydroxylation sites is 1. The summed E-state index contributed by atoms with van der Waals surface area (Å²) in [4.78, 5) is 4.15. The van der Waals surface area contributed by atoms with E-state index in [4.69, 9.17) is 14.6 Å². The van der Waals surface area contributed by atoms with E-state index in [1.54, 1.807) is 6.20 Å². The lowest BCUT2D eigenvalue weighted by atomic mass is 10.2. The number of hydrogen-bond acceptors (Lipinski definition) is 4. The van der Waals surface area contributed by atoms with Crippen molar-refractivity contribution in [2.75, 3.05) is 6.54 Å². The molecule has 3 aromatic rings. The molecule has 0 unspecified atom stereocenters. The summed E-state index contributed by atoms with van der Waals surface area (Å²) in [6.07, 6.45) is 2.31. The topological polar surface area (TPSA) is 65.2 Å². The first-order valence-electron chi connectivity index (χ1n) is 5.50. The number of oxazole rings is 1. The first-order valence-corrected chi connectivity index (χ1v) is 5.50. The van der Waals surface area contributed by atoms with Crippen molar-refractivity contribution in [2.24, 2.45) is 5.73 Å². The van der Waals surface area contributed by atoms with Crippen LogP contribution in [-0.4, -0.2) is 11.5 Å². The van der Waals surface area contributed by atoms with Crippen molar-refractivity contribution in [2.45, 2.75) is 6.42 Å². The fourth-order valence-electron chi connectivity index (χ4n) is 1.77. The van der Waals surface area contributed by atoms with E-state index in [9.17, 15) is 0 Å². The van der Waals surface area contributed by atoms with Gasteiger partial charge in [-0.3, -0.25) is 0 Å². The quantitative estimate of drug-likeness (QED) is 0.748. The van der Waals surface area contributed by atoms with Crippen molar-refractivity contribution in [1.82, 2.24) is 4.98 Å². The van der Waals surface area contributed by atoms with Crippen LogP contribution in [0.15, 0.2) is 45.4 Å². The highest BCUT2D eigenvalue weighted by Crippen LogP contribution is 2.27. The second kappa shape index (κ2) is 4.07. The van der Waals surface area contributed by atoms with Gasteiger partial charge in [0.1, 0.15) is 5.58 Å². The summed E-state index contributed by atoms with van der Waals surface area (Å²) < 4.78 is 11.2. The predicted octanol–water partition coefficient (Wildman–Crippen LogP) is 2.59. The Bertz CT molecular complexity index is 606. The minimum atomic E-state index is 0.528. The fraction of sp³-hybridized carbons (Fsp3) is 0.154. The third-order valence-electron chi connectivity index (χ3n) is 2.58. The number of benzene rings is 1. The molecule has 0 saturated heterocycles. The molecule has 0 fully saturated rings. The van der Waals surface area contributed by atoms with Crippen LogP contribution in [0.4, 0.5) is 0 Å². The summed E-state index contributed by atoms with van der Waals surface area (Å²) in [5, 5.41) is 1.05. The lowest BCUT2D eigenvalue weighted by Gasteiger charge is -1.89. The zero-order chi connectivity index (χ0) is 11.7. The van der Waals surface area contributed by atoms with Crippen LogP contribution in [0, 0.1) is 0 Å². The molecule has 3 rings (SSSR count). The van der Waals surface area contributed by atoms with E-state index in [0.717, 1.165) is 11.0 Å². The molecule has 4 heteroatoms. The Hall–Kier alpha value is -2.07. The smallest absolute Gasteiger partial charge is 0.196 e. The number of furan rings is 1. The molecule has 0 amide bonds. The van der Waals surface area contributed by atoms with Crippen LogP contribution in [0.2, 0.25) is 0 Å². The summed E-state index contributed by atoms with van der Waals surface area (Å²) in [5.41, 5.74) is 6.29. The molecule has 0 spiro atoms. The average Bonchev–Trinajstić information content (AvgIpc) is 2.94. The largest absolute Gasteiger partial charge is 0.453 e. The van der Waals surface area contributed by atoms with Crippen LogP contribution in [-0.2, 0) is 6.42 Å². The molecule has 2 N–H and O–H groups in total. The van der Waals surface area contributed by atoms with Gasteiger partial charge >= 0.3 is 0 Å². The van der Waals surface area contributed by atoms with E-state index in [1.807, 2.05) is 30.3 Å². The molecule has 2 aromatic heterocycles. The summed E-state index contributed by atoms with van der Waals surface area (Å²) in [7, 11) is 0. The normalized spacial score (nSPS) is 11.1. The first kappa shape index (κ1) is 10.1. The van der Waals surface area contributed by atoms with Gasteiger partial charge in [0.2, 0.25) is 0 Å². The number of nitrogens with zero attached hydrogens (tertiary/aromatic N) is 1. The highest BCUT2D eigenvalue weighted by molar-refractivity contribution is 5.81. The number of aromatic nitrogens is 1. The maximum Gasteiger partial charge on any atom is 0.196 e. The van der Waals surface area contributed by atoms with Gasteiger partial charge in [-0.05, 0) is 12.1 Å². The number of hydrogen-bond donors (Lipinski definition) is 1. The summed E-state index contributed by atoms with van der Waals surface area (Å²) in [6.45, 7) is 0.528. The van der Waals surface area contributed by atoms with E-state index in [1.165, 1.54) is 0 Å². The van der Waals surface area contributed by atoms with Crippen molar-refractivity contribution >= 4 is 11.0 Å². The Morgan fingerprint density at radius 2 is 2.00 bits per heavy atom. The standard InChI is InChI=1S/C13H12N2O2/c14-6-5-13-15-8-12(17-13)11-7-9-3-1-2-4-10(9)16-11/h1-4,7-8H,5-6,14H2. The van der Waals surface area contributed by atoms with Crippen LogP contribution in [0.5, 0.6) is 0 Å². The van der Waals surface area contributed by atoms with Gasteiger partial charge in [0.25, 0.3) is 0 Å². The molecule has 0 saturated carbocycles. The van der Waals surface area contributed by atoms with Crippen molar-refractivity contribution in [1.29, 1.82) is 0 Å². The lowest BCUT2D eigenvalue weighted by molar-refractivity contribution is 0.490. The molecule has 86 valence electrons. The van der Waals surface area contributed by atoms with Gasteiger partial charge < -0.3 is 14.6 Å². The molecule has 0 aliphatic rings. The molecule has 0 aliphatic heterocycles. The number of fused-ring (bicyclic) bond motifs is 1.